The van der Waals surface area contributed by atoms with Gasteiger partial charge in [-0.05, 0) is 17.2 Å². The molecule has 0 spiro atoms. The lowest BCUT2D eigenvalue weighted by molar-refractivity contribution is -0.120. The van der Waals surface area contributed by atoms with Crippen molar-refractivity contribution in [2.75, 3.05) is 13.7 Å². The quantitative estimate of drug-likeness (QED) is 0.644. The van der Waals surface area contributed by atoms with Gasteiger partial charge in [-0.2, -0.15) is 0 Å². The molecule has 4 heteroatoms. The number of hydrogen-bond acceptors (Lipinski definition) is 3. The molecule has 0 aromatic heterocycles. The van der Waals surface area contributed by atoms with E-state index in [1.54, 1.807) is 7.11 Å². The minimum atomic E-state index is -0.0576. The number of methoxy groups -OCH3 is 1. The number of amides is 1. The topological polar surface area (TPSA) is 50.4 Å². The Morgan fingerprint density at radius 3 is 2.00 bits per heavy atom. The van der Waals surface area contributed by atoms with E-state index in [0.29, 0.717) is 6.54 Å². The number of hydrogen-bond donors (Lipinski definition) is 2. The van der Waals surface area contributed by atoms with E-state index in [9.17, 15) is 4.79 Å². The lowest BCUT2D eigenvalue weighted by Crippen LogP contribution is -2.35. The van der Waals surface area contributed by atoms with Crippen molar-refractivity contribution in [1.82, 2.24) is 10.6 Å². The van der Waals surface area contributed by atoms with Crippen molar-refractivity contribution >= 4 is 5.91 Å². The summed E-state index contributed by atoms with van der Waals surface area (Å²) in [6.45, 7) is 0.662. The van der Waals surface area contributed by atoms with Gasteiger partial charge in [0.25, 0.3) is 0 Å². The molecule has 0 atom stereocenters. The second-order valence-corrected chi connectivity index (χ2v) is 6.22. The molecule has 1 amide bonds. The van der Waals surface area contributed by atoms with Crippen molar-refractivity contribution < 1.29 is 9.53 Å². The molecular formula is C23H24N2O2. The summed E-state index contributed by atoms with van der Waals surface area (Å²) in [4.78, 5) is 12.4. The molecule has 0 aliphatic carbocycles. The van der Waals surface area contributed by atoms with Crippen molar-refractivity contribution in [1.29, 1.82) is 0 Å². The largest absolute Gasteiger partial charge is 0.496 e. The Kier molecular flexibility index (Phi) is 6.61. The van der Waals surface area contributed by atoms with Crippen LogP contribution in [0.15, 0.2) is 84.9 Å². The Morgan fingerprint density at radius 2 is 1.41 bits per heavy atom. The minimum absolute atomic E-state index is 0.0376. The van der Waals surface area contributed by atoms with E-state index in [4.69, 9.17) is 4.74 Å². The first-order valence-corrected chi connectivity index (χ1v) is 9.00. The third-order valence-corrected chi connectivity index (χ3v) is 4.40. The van der Waals surface area contributed by atoms with Gasteiger partial charge in [-0.1, -0.05) is 78.9 Å². The third kappa shape index (κ3) is 5.19. The van der Waals surface area contributed by atoms with Crippen LogP contribution in [0.3, 0.4) is 0 Å². The van der Waals surface area contributed by atoms with Gasteiger partial charge in [-0.3, -0.25) is 10.1 Å². The van der Waals surface area contributed by atoms with Crippen molar-refractivity contribution in [2.24, 2.45) is 0 Å². The molecule has 0 heterocycles. The van der Waals surface area contributed by atoms with Gasteiger partial charge in [0.2, 0.25) is 5.91 Å². The number of rotatable bonds is 8. The van der Waals surface area contributed by atoms with Gasteiger partial charge in [0, 0.05) is 12.1 Å². The van der Waals surface area contributed by atoms with Gasteiger partial charge >= 0.3 is 0 Å². The molecule has 0 aliphatic heterocycles. The molecule has 0 unspecified atom stereocenters. The zero-order valence-electron chi connectivity index (χ0n) is 15.4. The molecule has 2 N–H and O–H groups in total. The summed E-state index contributed by atoms with van der Waals surface area (Å²) >= 11 is 0. The summed E-state index contributed by atoms with van der Waals surface area (Å²) < 4.78 is 5.32. The zero-order valence-corrected chi connectivity index (χ0v) is 15.4. The second-order valence-electron chi connectivity index (χ2n) is 6.22. The van der Waals surface area contributed by atoms with Crippen LogP contribution in [-0.2, 0) is 11.3 Å². The third-order valence-electron chi connectivity index (χ3n) is 4.40. The minimum Gasteiger partial charge on any atom is -0.496 e. The predicted molar refractivity (Wildman–Crippen MR) is 108 cm³/mol. The SMILES string of the molecule is COc1ccccc1CNC(=O)CNC(c1ccccc1)c1ccccc1. The first-order valence-electron chi connectivity index (χ1n) is 9.00. The number of carbonyl (C=O) groups is 1. The van der Waals surface area contributed by atoms with E-state index >= 15 is 0 Å². The smallest absolute Gasteiger partial charge is 0.234 e. The Labute approximate surface area is 160 Å². The summed E-state index contributed by atoms with van der Waals surface area (Å²) in [5, 5.41) is 6.32. The summed E-state index contributed by atoms with van der Waals surface area (Å²) in [5.41, 5.74) is 3.21. The first kappa shape index (κ1) is 18.7. The summed E-state index contributed by atoms with van der Waals surface area (Å²) in [7, 11) is 1.63. The average Bonchev–Trinajstić information content (AvgIpc) is 2.74. The second kappa shape index (κ2) is 9.55. The van der Waals surface area contributed by atoms with Crippen LogP contribution in [0.1, 0.15) is 22.7 Å². The van der Waals surface area contributed by atoms with Crippen molar-refractivity contribution in [3.8, 4) is 5.75 Å². The molecule has 138 valence electrons. The van der Waals surface area contributed by atoms with Crippen molar-refractivity contribution in [2.45, 2.75) is 12.6 Å². The van der Waals surface area contributed by atoms with Crippen LogP contribution in [0.5, 0.6) is 5.75 Å². The highest BCUT2D eigenvalue weighted by Crippen LogP contribution is 2.21. The van der Waals surface area contributed by atoms with Gasteiger partial charge in [-0.15, -0.1) is 0 Å². The highest BCUT2D eigenvalue weighted by molar-refractivity contribution is 5.78. The van der Waals surface area contributed by atoms with E-state index in [1.165, 1.54) is 0 Å². The lowest BCUT2D eigenvalue weighted by atomic mass is 9.99. The molecule has 0 saturated heterocycles. The monoisotopic (exact) mass is 360 g/mol. The van der Waals surface area contributed by atoms with Crippen LogP contribution in [0, 0.1) is 0 Å². The highest BCUT2D eigenvalue weighted by Gasteiger charge is 2.14. The van der Waals surface area contributed by atoms with E-state index in [0.717, 1.165) is 22.4 Å². The fraction of sp³-hybridized carbons (Fsp3) is 0.174. The van der Waals surface area contributed by atoms with Gasteiger partial charge in [0.15, 0.2) is 0 Å². The van der Waals surface area contributed by atoms with Crippen LogP contribution >= 0.6 is 0 Å². The molecule has 0 bridgehead atoms. The van der Waals surface area contributed by atoms with E-state index in [1.807, 2.05) is 60.7 Å². The van der Waals surface area contributed by atoms with Crippen LogP contribution in [0.4, 0.5) is 0 Å². The molecule has 0 radical (unpaired) electrons. The number of carbonyl (C=O) groups excluding carboxylic acids is 1. The highest BCUT2D eigenvalue weighted by atomic mass is 16.5. The van der Waals surface area contributed by atoms with E-state index < -0.39 is 0 Å². The maximum Gasteiger partial charge on any atom is 0.234 e. The van der Waals surface area contributed by atoms with E-state index in [2.05, 4.69) is 34.9 Å². The molecule has 27 heavy (non-hydrogen) atoms. The number of benzene rings is 3. The molecule has 3 aromatic rings. The fourth-order valence-corrected chi connectivity index (χ4v) is 3.02. The van der Waals surface area contributed by atoms with Crippen molar-refractivity contribution in [3.05, 3.63) is 102 Å². The Hall–Kier alpha value is -3.11. The maximum atomic E-state index is 12.4. The van der Waals surface area contributed by atoms with E-state index in [-0.39, 0.29) is 18.5 Å². The van der Waals surface area contributed by atoms with Gasteiger partial charge in [0.1, 0.15) is 5.75 Å². The maximum absolute atomic E-state index is 12.4. The lowest BCUT2D eigenvalue weighted by Gasteiger charge is -2.20. The van der Waals surface area contributed by atoms with Gasteiger partial charge in [-0.25, -0.2) is 0 Å². The zero-order chi connectivity index (χ0) is 18.9. The van der Waals surface area contributed by atoms with Crippen LogP contribution < -0.4 is 15.4 Å². The standard InChI is InChI=1S/C23H24N2O2/c1-27-21-15-9-8-14-20(21)16-24-22(26)17-25-23(18-10-4-2-5-11-18)19-12-6-3-7-13-19/h2-15,23,25H,16-17H2,1H3,(H,24,26). The normalized spacial score (nSPS) is 10.6. The molecular weight excluding hydrogens is 336 g/mol. The van der Waals surface area contributed by atoms with Crippen LogP contribution in [0.25, 0.3) is 0 Å². The number of nitrogens with one attached hydrogen (secondary N) is 2. The molecule has 0 saturated carbocycles. The molecule has 0 fully saturated rings. The molecule has 4 nitrogen and oxygen atoms in total. The van der Waals surface area contributed by atoms with Gasteiger partial charge in [0.05, 0.1) is 19.7 Å². The van der Waals surface area contributed by atoms with Gasteiger partial charge < -0.3 is 10.1 Å². The summed E-state index contributed by atoms with van der Waals surface area (Å²) in [5.74, 6) is 0.718. The Balaban J connectivity index is 1.62. The number of para-hydroxylation sites is 1. The summed E-state index contributed by atoms with van der Waals surface area (Å²) in [6, 6.07) is 27.9. The fourth-order valence-electron chi connectivity index (χ4n) is 3.02. The average molecular weight is 360 g/mol. The van der Waals surface area contributed by atoms with Crippen LogP contribution in [-0.4, -0.2) is 19.6 Å². The first-order chi connectivity index (χ1) is 13.3. The Bertz CT molecular complexity index is 811. The Morgan fingerprint density at radius 1 is 0.852 bits per heavy atom. The molecule has 3 aromatic carbocycles. The predicted octanol–water partition coefficient (Wildman–Crippen LogP) is 3.69. The van der Waals surface area contributed by atoms with Crippen molar-refractivity contribution in [3.63, 3.8) is 0 Å². The number of ether oxygens (including phenoxy) is 1. The molecule has 0 aliphatic rings. The molecule has 3 rings (SSSR count). The summed E-state index contributed by atoms with van der Waals surface area (Å²) in [6.07, 6.45) is 0. The van der Waals surface area contributed by atoms with Crippen LogP contribution in [0.2, 0.25) is 0 Å².